The molecule has 1 heterocycles. The van der Waals surface area contributed by atoms with E-state index in [1.165, 1.54) is 11.1 Å². The fourth-order valence-corrected chi connectivity index (χ4v) is 4.28. The van der Waals surface area contributed by atoms with Gasteiger partial charge in [-0.1, -0.05) is 56.3 Å². The molecule has 23 heavy (non-hydrogen) atoms. The van der Waals surface area contributed by atoms with Crippen molar-refractivity contribution in [3.05, 3.63) is 65.7 Å². The highest BCUT2D eigenvalue weighted by atomic mass is 32.2. The van der Waals surface area contributed by atoms with Gasteiger partial charge in [0.25, 0.3) is 0 Å². The average Bonchev–Trinajstić information content (AvgIpc) is 2.56. The zero-order chi connectivity index (χ0) is 16.5. The minimum Gasteiger partial charge on any atom is -0.369 e. The monoisotopic (exact) mass is 329 g/mol. The van der Waals surface area contributed by atoms with Gasteiger partial charge in [0, 0.05) is 24.2 Å². The lowest BCUT2D eigenvalue weighted by Gasteiger charge is -2.30. The highest BCUT2D eigenvalue weighted by Gasteiger charge is 2.24. The van der Waals surface area contributed by atoms with Crippen LogP contribution in [0, 0.1) is 0 Å². The highest BCUT2D eigenvalue weighted by Crippen LogP contribution is 2.32. The number of hydrogen-bond donors (Lipinski definition) is 0. The Bertz CT molecular complexity index is 751. The summed E-state index contributed by atoms with van der Waals surface area (Å²) in [5.74, 6) is 0.508. The second-order valence-electron chi connectivity index (χ2n) is 6.68. The third-order valence-corrected chi connectivity index (χ3v) is 6.40. The van der Waals surface area contributed by atoms with Crippen LogP contribution in [0.3, 0.4) is 0 Å². The van der Waals surface area contributed by atoms with Gasteiger partial charge in [0.05, 0.1) is 11.5 Å². The molecule has 0 N–H and O–H groups in total. The van der Waals surface area contributed by atoms with Crippen LogP contribution in [0.15, 0.2) is 54.6 Å². The van der Waals surface area contributed by atoms with E-state index < -0.39 is 9.84 Å². The largest absolute Gasteiger partial charge is 0.369 e. The van der Waals surface area contributed by atoms with Gasteiger partial charge in [-0.3, -0.25) is 0 Å². The van der Waals surface area contributed by atoms with Gasteiger partial charge < -0.3 is 4.90 Å². The summed E-state index contributed by atoms with van der Waals surface area (Å²) in [7, 11) is -2.83. The van der Waals surface area contributed by atoms with E-state index in [1.807, 2.05) is 6.07 Å². The maximum Gasteiger partial charge on any atom is 0.153 e. The van der Waals surface area contributed by atoms with Gasteiger partial charge in [-0.05, 0) is 23.3 Å². The van der Waals surface area contributed by atoms with Gasteiger partial charge in [0.2, 0.25) is 0 Å². The normalized spacial score (nSPS) is 17.9. The molecule has 4 heteroatoms. The summed E-state index contributed by atoms with van der Waals surface area (Å²) in [6.07, 6.45) is 0. The number of nitrogens with zero attached hydrogens (tertiary/aromatic N) is 1. The molecule has 0 aliphatic carbocycles. The quantitative estimate of drug-likeness (QED) is 0.867. The van der Waals surface area contributed by atoms with Crippen molar-refractivity contribution in [2.45, 2.75) is 19.3 Å². The van der Waals surface area contributed by atoms with E-state index in [1.54, 1.807) is 0 Å². The second-order valence-corrected chi connectivity index (χ2v) is 8.98. The molecular formula is C19H23NO2S. The lowest BCUT2D eigenvalue weighted by Crippen LogP contribution is -2.40. The zero-order valence-electron chi connectivity index (χ0n) is 13.7. The Labute approximate surface area is 138 Å². The van der Waals surface area contributed by atoms with Crippen molar-refractivity contribution in [2.24, 2.45) is 0 Å². The van der Waals surface area contributed by atoms with Gasteiger partial charge in [0.1, 0.15) is 0 Å². The second kappa shape index (κ2) is 6.00. The summed E-state index contributed by atoms with van der Waals surface area (Å²) in [4.78, 5) is 2.15. The molecule has 3 nitrogen and oxygen atoms in total. The van der Waals surface area contributed by atoms with E-state index in [-0.39, 0.29) is 16.9 Å². The molecule has 0 atom stereocenters. The fourth-order valence-electron chi connectivity index (χ4n) is 3.08. The smallest absolute Gasteiger partial charge is 0.153 e. The minimum absolute atomic E-state index is 0.0506. The third kappa shape index (κ3) is 3.42. The molecule has 0 saturated carbocycles. The Hall–Kier alpha value is -1.81. The molecule has 1 saturated heterocycles. The summed E-state index contributed by atoms with van der Waals surface area (Å²) in [6, 6.07) is 19.0. The van der Waals surface area contributed by atoms with Crippen LogP contribution in [0.25, 0.3) is 0 Å². The van der Waals surface area contributed by atoms with Crippen molar-refractivity contribution in [3.8, 4) is 0 Å². The molecule has 122 valence electrons. The standard InChI is InChI=1S/C19H23NO2S/c1-19(2,16-6-4-3-5-7-16)17-8-10-18(11-9-17)20-12-14-23(21,22)15-13-20/h3-11H,12-15H2,1-2H3. The van der Waals surface area contributed by atoms with Crippen LogP contribution in [0.5, 0.6) is 0 Å². The number of benzene rings is 2. The predicted molar refractivity (Wildman–Crippen MR) is 95.9 cm³/mol. The molecule has 1 aliphatic rings. The molecular weight excluding hydrogens is 306 g/mol. The van der Waals surface area contributed by atoms with Crippen LogP contribution < -0.4 is 4.90 Å². The highest BCUT2D eigenvalue weighted by molar-refractivity contribution is 7.91. The first-order chi connectivity index (χ1) is 10.9. The summed E-state index contributed by atoms with van der Waals surface area (Å²) in [5.41, 5.74) is 3.60. The van der Waals surface area contributed by atoms with E-state index in [2.05, 4.69) is 67.3 Å². The number of sulfone groups is 1. The van der Waals surface area contributed by atoms with Crippen molar-refractivity contribution >= 4 is 15.5 Å². The lowest BCUT2D eigenvalue weighted by atomic mass is 9.78. The van der Waals surface area contributed by atoms with Crippen molar-refractivity contribution < 1.29 is 8.42 Å². The average molecular weight is 329 g/mol. The van der Waals surface area contributed by atoms with E-state index in [4.69, 9.17) is 0 Å². The lowest BCUT2D eigenvalue weighted by molar-refractivity contribution is 0.587. The van der Waals surface area contributed by atoms with Gasteiger partial charge in [-0.25, -0.2) is 8.42 Å². The number of hydrogen-bond acceptors (Lipinski definition) is 3. The van der Waals surface area contributed by atoms with Crippen LogP contribution in [-0.4, -0.2) is 33.0 Å². The van der Waals surface area contributed by atoms with Crippen molar-refractivity contribution in [1.29, 1.82) is 0 Å². The maximum atomic E-state index is 11.5. The fraction of sp³-hybridized carbons (Fsp3) is 0.368. The minimum atomic E-state index is -2.83. The first-order valence-electron chi connectivity index (χ1n) is 8.00. The Balaban J connectivity index is 1.80. The van der Waals surface area contributed by atoms with E-state index in [0.29, 0.717) is 13.1 Å². The van der Waals surface area contributed by atoms with Gasteiger partial charge in [-0.2, -0.15) is 0 Å². The summed E-state index contributed by atoms with van der Waals surface area (Å²) in [6.45, 7) is 5.63. The van der Waals surface area contributed by atoms with Crippen molar-refractivity contribution in [3.63, 3.8) is 0 Å². The molecule has 3 rings (SSSR count). The van der Waals surface area contributed by atoms with Crippen LogP contribution in [0.2, 0.25) is 0 Å². The van der Waals surface area contributed by atoms with Crippen molar-refractivity contribution in [2.75, 3.05) is 29.5 Å². The molecule has 2 aromatic carbocycles. The van der Waals surface area contributed by atoms with E-state index in [0.717, 1.165) is 5.69 Å². The van der Waals surface area contributed by atoms with Gasteiger partial charge >= 0.3 is 0 Å². The summed E-state index contributed by atoms with van der Waals surface area (Å²) < 4.78 is 23.1. The molecule has 0 radical (unpaired) electrons. The molecule has 0 bridgehead atoms. The first-order valence-corrected chi connectivity index (χ1v) is 9.82. The Morgan fingerprint density at radius 3 is 1.91 bits per heavy atom. The van der Waals surface area contributed by atoms with Crippen LogP contribution in [-0.2, 0) is 15.3 Å². The third-order valence-electron chi connectivity index (χ3n) is 4.79. The Morgan fingerprint density at radius 2 is 1.35 bits per heavy atom. The maximum absolute atomic E-state index is 11.5. The molecule has 0 spiro atoms. The number of rotatable bonds is 3. The molecule has 0 amide bonds. The Morgan fingerprint density at radius 1 is 0.826 bits per heavy atom. The molecule has 1 fully saturated rings. The molecule has 0 aromatic heterocycles. The Kier molecular flexibility index (Phi) is 4.19. The summed E-state index contributed by atoms with van der Waals surface area (Å²) in [5, 5.41) is 0. The summed E-state index contributed by atoms with van der Waals surface area (Å²) >= 11 is 0. The topological polar surface area (TPSA) is 37.4 Å². The number of anilines is 1. The molecule has 2 aromatic rings. The first kappa shape index (κ1) is 16.1. The SMILES string of the molecule is CC(C)(c1ccccc1)c1ccc(N2CCS(=O)(=O)CC2)cc1. The van der Waals surface area contributed by atoms with E-state index >= 15 is 0 Å². The zero-order valence-corrected chi connectivity index (χ0v) is 14.5. The predicted octanol–water partition coefficient (Wildman–Crippen LogP) is 3.25. The molecule has 1 aliphatic heterocycles. The molecule has 0 unspecified atom stereocenters. The van der Waals surface area contributed by atoms with Crippen LogP contribution in [0.1, 0.15) is 25.0 Å². The van der Waals surface area contributed by atoms with Crippen LogP contribution >= 0.6 is 0 Å². The van der Waals surface area contributed by atoms with Crippen molar-refractivity contribution in [1.82, 2.24) is 0 Å². The van der Waals surface area contributed by atoms with Gasteiger partial charge in [-0.15, -0.1) is 0 Å². The van der Waals surface area contributed by atoms with Crippen LogP contribution in [0.4, 0.5) is 5.69 Å². The van der Waals surface area contributed by atoms with E-state index in [9.17, 15) is 8.42 Å². The van der Waals surface area contributed by atoms with Gasteiger partial charge in [0.15, 0.2) is 9.84 Å².